The Balaban J connectivity index is 2.27. The Labute approximate surface area is 118 Å². The van der Waals surface area contributed by atoms with Crippen molar-refractivity contribution < 1.29 is 8.42 Å². The van der Waals surface area contributed by atoms with Crippen molar-refractivity contribution in [3.05, 3.63) is 42.6 Å². The third kappa shape index (κ3) is 3.00. The predicted octanol–water partition coefficient (Wildman–Crippen LogP) is 1.53. The molecular formula is C13H16N4O2S. The molecule has 0 amide bonds. The highest BCUT2D eigenvalue weighted by Crippen LogP contribution is 2.21. The van der Waals surface area contributed by atoms with Gasteiger partial charge in [0, 0.05) is 31.7 Å². The van der Waals surface area contributed by atoms with E-state index in [1.165, 1.54) is 12.3 Å². The lowest BCUT2D eigenvalue weighted by Gasteiger charge is -2.13. The highest BCUT2D eigenvalue weighted by atomic mass is 32.2. The molecule has 0 aliphatic carbocycles. The Morgan fingerprint density at radius 2 is 1.80 bits per heavy atom. The van der Waals surface area contributed by atoms with Crippen molar-refractivity contribution in [3.8, 4) is 0 Å². The largest absolute Gasteiger partial charge is 0.396 e. The quantitative estimate of drug-likeness (QED) is 0.892. The zero-order chi connectivity index (χ0) is 14.8. The molecule has 0 atom stereocenters. The number of anilines is 3. The Hall–Kier alpha value is -2.28. The van der Waals surface area contributed by atoms with Crippen LogP contribution in [0, 0.1) is 0 Å². The van der Waals surface area contributed by atoms with Crippen molar-refractivity contribution in [2.24, 2.45) is 0 Å². The molecule has 6 nitrogen and oxygen atoms in total. The molecule has 0 unspecified atom stereocenters. The van der Waals surface area contributed by atoms with Gasteiger partial charge < -0.3 is 10.6 Å². The first-order valence-electron chi connectivity index (χ1n) is 5.91. The summed E-state index contributed by atoms with van der Waals surface area (Å²) in [6, 6.07) is 10.1. The van der Waals surface area contributed by atoms with Gasteiger partial charge in [-0.05, 0) is 36.4 Å². The smallest absolute Gasteiger partial charge is 0.281 e. The molecule has 1 aromatic heterocycles. The van der Waals surface area contributed by atoms with Gasteiger partial charge in [-0.3, -0.25) is 4.72 Å². The molecule has 1 heterocycles. The van der Waals surface area contributed by atoms with E-state index in [-0.39, 0.29) is 10.7 Å². The van der Waals surface area contributed by atoms with Crippen LogP contribution in [0.15, 0.2) is 47.6 Å². The molecule has 7 heteroatoms. The van der Waals surface area contributed by atoms with E-state index in [0.29, 0.717) is 5.69 Å². The van der Waals surface area contributed by atoms with Gasteiger partial charge in [-0.15, -0.1) is 0 Å². The van der Waals surface area contributed by atoms with Gasteiger partial charge in [0.15, 0.2) is 5.03 Å². The maximum absolute atomic E-state index is 12.2. The zero-order valence-electron chi connectivity index (χ0n) is 11.2. The molecule has 0 saturated heterocycles. The third-order valence-corrected chi connectivity index (χ3v) is 4.05. The Kier molecular flexibility index (Phi) is 3.80. The van der Waals surface area contributed by atoms with Crippen molar-refractivity contribution in [3.63, 3.8) is 0 Å². The fourth-order valence-electron chi connectivity index (χ4n) is 1.66. The van der Waals surface area contributed by atoms with Crippen molar-refractivity contribution in [1.82, 2.24) is 4.98 Å². The number of hydrogen-bond acceptors (Lipinski definition) is 5. The second kappa shape index (κ2) is 5.38. The van der Waals surface area contributed by atoms with Crippen LogP contribution in [0.4, 0.5) is 17.1 Å². The molecule has 2 rings (SSSR count). The van der Waals surface area contributed by atoms with E-state index in [0.717, 1.165) is 5.69 Å². The van der Waals surface area contributed by atoms with Crippen LogP contribution < -0.4 is 15.4 Å². The number of benzene rings is 1. The summed E-state index contributed by atoms with van der Waals surface area (Å²) in [4.78, 5) is 5.73. The minimum absolute atomic E-state index is 0.116. The molecular weight excluding hydrogens is 276 g/mol. The van der Waals surface area contributed by atoms with Gasteiger partial charge in [0.2, 0.25) is 0 Å². The SMILES string of the molecule is CN(C)c1ccc(NS(=O)(=O)c2ncccc2N)cc1. The predicted molar refractivity (Wildman–Crippen MR) is 80.2 cm³/mol. The van der Waals surface area contributed by atoms with Gasteiger partial charge in [-0.1, -0.05) is 0 Å². The monoisotopic (exact) mass is 292 g/mol. The number of aromatic nitrogens is 1. The van der Waals surface area contributed by atoms with Crippen molar-refractivity contribution in [2.75, 3.05) is 29.5 Å². The number of nitrogens with two attached hydrogens (primary N) is 1. The van der Waals surface area contributed by atoms with Gasteiger partial charge in [-0.25, -0.2) is 4.98 Å². The molecule has 0 saturated carbocycles. The number of sulfonamides is 1. The number of pyridine rings is 1. The molecule has 0 fully saturated rings. The van der Waals surface area contributed by atoms with E-state index < -0.39 is 10.0 Å². The Morgan fingerprint density at radius 3 is 2.35 bits per heavy atom. The van der Waals surface area contributed by atoms with Gasteiger partial charge in [0.25, 0.3) is 10.0 Å². The second-order valence-electron chi connectivity index (χ2n) is 4.44. The Bertz CT molecular complexity index is 697. The van der Waals surface area contributed by atoms with Crippen LogP contribution in [0.25, 0.3) is 0 Å². The summed E-state index contributed by atoms with van der Waals surface area (Å²) < 4.78 is 26.8. The van der Waals surface area contributed by atoms with E-state index >= 15 is 0 Å². The summed E-state index contributed by atoms with van der Waals surface area (Å²) in [5.41, 5.74) is 7.19. The van der Waals surface area contributed by atoms with E-state index in [1.807, 2.05) is 31.1 Å². The van der Waals surface area contributed by atoms with Crippen LogP contribution in [-0.2, 0) is 10.0 Å². The molecule has 0 spiro atoms. The summed E-state index contributed by atoms with van der Waals surface area (Å²) in [6.07, 6.45) is 1.39. The van der Waals surface area contributed by atoms with Gasteiger partial charge in [-0.2, -0.15) is 8.42 Å². The fraction of sp³-hybridized carbons (Fsp3) is 0.154. The van der Waals surface area contributed by atoms with Crippen LogP contribution in [0.5, 0.6) is 0 Å². The maximum atomic E-state index is 12.2. The number of rotatable bonds is 4. The lowest BCUT2D eigenvalue weighted by molar-refractivity contribution is 0.598. The molecule has 0 aliphatic rings. The molecule has 0 bridgehead atoms. The number of nitrogens with zero attached hydrogens (tertiary/aromatic N) is 2. The van der Waals surface area contributed by atoms with Crippen molar-refractivity contribution in [2.45, 2.75) is 5.03 Å². The summed E-state index contributed by atoms with van der Waals surface area (Å²) in [5, 5.41) is -0.170. The first-order chi connectivity index (χ1) is 9.40. The molecule has 20 heavy (non-hydrogen) atoms. The van der Waals surface area contributed by atoms with Crippen LogP contribution >= 0.6 is 0 Å². The van der Waals surface area contributed by atoms with E-state index in [1.54, 1.807) is 18.2 Å². The lowest BCUT2D eigenvalue weighted by Crippen LogP contribution is -2.16. The number of nitrogens with one attached hydrogen (secondary N) is 1. The first-order valence-corrected chi connectivity index (χ1v) is 7.39. The number of hydrogen-bond donors (Lipinski definition) is 2. The lowest BCUT2D eigenvalue weighted by atomic mass is 10.3. The standard InChI is InChI=1S/C13H16N4O2S/c1-17(2)11-7-5-10(6-8-11)16-20(18,19)13-12(14)4-3-9-15-13/h3-9,16H,14H2,1-2H3. The van der Waals surface area contributed by atoms with Crippen molar-refractivity contribution >= 4 is 27.1 Å². The van der Waals surface area contributed by atoms with Crippen LogP contribution in [-0.4, -0.2) is 27.5 Å². The van der Waals surface area contributed by atoms with E-state index in [9.17, 15) is 8.42 Å². The molecule has 106 valence electrons. The fourth-order valence-corrected chi connectivity index (χ4v) is 2.78. The van der Waals surface area contributed by atoms with Crippen LogP contribution in [0.3, 0.4) is 0 Å². The molecule has 3 N–H and O–H groups in total. The maximum Gasteiger partial charge on any atom is 0.281 e. The highest BCUT2D eigenvalue weighted by molar-refractivity contribution is 7.92. The van der Waals surface area contributed by atoms with E-state index in [2.05, 4.69) is 9.71 Å². The summed E-state index contributed by atoms with van der Waals surface area (Å²) >= 11 is 0. The third-order valence-electron chi connectivity index (χ3n) is 2.69. The van der Waals surface area contributed by atoms with Gasteiger partial charge >= 0.3 is 0 Å². The topological polar surface area (TPSA) is 88.3 Å². The summed E-state index contributed by atoms with van der Waals surface area (Å²) in [5.74, 6) is 0. The number of nitrogen functional groups attached to an aromatic ring is 1. The first kappa shape index (κ1) is 14.1. The van der Waals surface area contributed by atoms with Gasteiger partial charge in [0.1, 0.15) is 0 Å². The van der Waals surface area contributed by atoms with E-state index in [4.69, 9.17) is 5.73 Å². The minimum atomic E-state index is -3.78. The second-order valence-corrected chi connectivity index (χ2v) is 6.04. The molecule has 2 aromatic rings. The van der Waals surface area contributed by atoms with Crippen molar-refractivity contribution in [1.29, 1.82) is 0 Å². The molecule has 0 radical (unpaired) electrons. The molecule has 1 aromatic carbocycles. The zero-order valence-corrected chi connectivity index (χ0v) is 12.1. The average Bonchev–Trinajstić information content (AvgIpc) is 2.39. The Morgan fingerprint density at radius 1 is 1.15 bits per heavy atom. The summed E-state index contributed by atoms with van der Waals surface area (Å²) in [7, 11) is 0.0441. The van der Waals surface area contributed by atoms with Crippen LogP contribution in [0.1, 0.15) is 0 Å². The minimum Gasteiger partial charge on any atom is -0.396 e. The average molecular weight is 292 g/mol. The normalized spacial score (nSPS) is 11.1. The summed E-state index contributed by atoms with van der Waals surface area (Å²) in [6.45, 7) is 0. The van der Waals surface area contributed by atoms with Crippen LogP contribution in [0.2, 0.25) is 0 Å². The molecule has 0 aliphatic heterocycles. The highest BCUT2D eigenvalue weighted by Gasteiger charge is 2.18. The van der Waals surface area contributed by atoms with Gasteiger partial charge in [0.05, 0.1) is 5.69 Å².